The van der Waals surface area contributed by atoms with Crippen LogP contribution in [0.4, 0.5) is 5.69 Å². The van der Waals surface area contributed by atoms with Gasteiger partial charge in [0.05, 0.1) is 17.0 Å². The number of nitrogens with one attached hydrogen (secondary N) is 1. The van der Waals surface area contributed by atoms with Crippen LogP contribution in [-0.2, 0) is 6.54 Å². The largest absolute Gasteiger partial charge is 0.335 e. The molecule has 2 rings (SSSR count). The molecule has 0 saturated heterocycles. The fourth-order valence-electron chi connectivity index (χ4n) is 1.53. The second-order valence-electron chi connectivity index (χ2n) is 3.86. The number of hydrogen-bond acceptors (Lipinski definition) is 3. The zero-order valence-electron chi connectivity index (χ0n) is 9.94. The van der Waals surface area contributed by atoms with E-state index in [-0.39, 0.29) is 5.91 Å². The summed E-state index contributed by atoms with van der Waals surface area (Å²) in [6.45, 7) is 1.12. The lowest BCUT2D eigenvalue weighted by Gasteiger charge is -2.05. The molecule has 1 amide bonds. The molecule has 1 heterocycles. The minimum Gasteiger partial charge on any atom is -0.335 e. The van der Waals surface area contributed by atoms with Crippen molar-refractivity contribution >= 4 is 39.1 Å². The molecule has 5 nitrogen and oxygen atoms in total. The number of carbonyl (C=O) groups excluding carboxylic acids is 1. The van der Waals surface area contributed by atoms with E-state index < -0.39 is 0 Å². The van der Waals surface area contributed by atoms with Gasteiger partial charge in [-0.1, -0.05) is 27.5 Å². The molecule has 0 aliphatic heterocycles. The number of nitrogens with zero attached hydrogens (tertiary/aromatic N) is 2. The lowest BCUT2D eigenvalue weighted by molar-refractivity contribution is 0.102. The lowest BCUT2D eigenvalue weighted by Crippen LogP contribution is -2.13. The first-order valence-corrected chi connectivity index (χ1v) is 6.75. The van der Waals surface area contributed by atoms with E-state index in [4.69, 9.17) is 17.3 Å². The standard InChI is InChI=1S/C12H12BrClN4O/c13-8-1-2-10(9(14)5-8)17-12(19)11-6-18(4-3-15)7-16-11/h1-2,5-7H,3-4,15H2,(H,17,19). The molecule has 1 aromatic carbocycles. The van der Waals surface area contributed by atoms with Gasteiger partial charge in [0.15, 0.2) is 0 Å². The molecule has 0 unspecified atom stereocenters. The third kappa shape index (κ3) is 3.56. The van der Waals surface area contributed by atoms with Crippen LogP contribution in [0.15, 0.2) is 35.2 Å². The van der Waals surface area contributed by atoms with Gasteiger partial charge in [-0.15, -0.1) is 0 Å². The minimum atomic E-state index is -0.306. The van der Waals surface area contributed by atoms with Crippen molar-refractivity contribution in [3.63, 3.8) is 0 Å². The smallest absolute Gasteiger partial charge is 0.275 e. The Balaban J connectivity index is 2.11. The summed E-state index contributed by atoms with van der Waals surface area (Å²) in [7, 11) is 0. The van der Waals surface area contributed by atoms with E-state index in [9.17, 15) is 4.79 Å². The highest BCUT2D eigenvalue weighted by molar-refractivity contribution is 9.10. The summed E-state index contributed by atoms with van der Waals surface area (Å²) in [5, 5.41) is 3.17. The molecule has 0 saturated carbocycles. The molecule has 0 aliphatic rings. The second-order valence-corrected chi connectivity index (χ2v) is 5.19. The predicted octanol–water partition coefficient (Wildman–Crippen LogP) is 2.51. The van der Waals surface area contributed by atoms with Crippen LogP contribution in [0.3, 0.4) is 0 Å². The van der Waals surface area contributed by atoms with Crippen LogP contribution in [0, 0.1) is 0 Å². The fourth-order valence-corrected chi connectivity index (χ4v) is 2.25. The van der Waals surface area contributed by atoms with Crippen LogP contribution in [0.25, 0.3) is 0 Å². The number of carbonyl (C=O) groups is 1. The number of amides is 1. The van der Waals surface area contributed by atoms with E-state index in [0.717, 1.165) is 4.47 Å². The molecular weight excluding hydrogens is 332 g/mol. The van der Waals surface area contributed by atoms with E-state index in [0.29, 0.717) is 29.5 Å². The SMILES string of the molecule is NCCn1cnc(C(=O)Nc2ccc(Br)cc2Cl)c1. The molecule has 0 fully saturated rings. The topological polar surface area (TPSA) is 72.9 Å². The maximum atomic E-state index is 12.0. The fraction of sp³-hybridized carbons (Fsp3) is 0.167. The van der Waals surface area contributed by atoms with Gasteiger partial charge in [-0.05, 0) is 18.2 Å². The maximum absolute atomic E-state index is 12.0. The summed E-state index contributed by atoms with van der Waals surface area (Å²) in [5.74, 6) is -0.306. The molecule has 1 aromatic heterocycles. The van der Waals surface area contributed by atoms with Gasteiger partial charge in [0.2, 0.25) is 0 Å². The Bertz CT molecular complexity index is 599. The van der Waals surface area contributed by atoms with Crippen LogP contribution in [-0.4, -0.2) is 22.0 Å². The Kier molecular flexibility index (Phi) is 4.57. The summed E-state index contributed by atoms with van der Waals surface area (Å²) in [6.07, 6.45) is 3.22. The monoisotopic (exact) mass is 342 g/mol. The summed E-state index contributed by atoms with van der Waals surface area (Å²) in [6, 6.07) is 5.24. The molecule has 19 heavy (non-hydrogen) atoms. The van der Waals surface area contributed by atoms with Crippen LogP contribution in [0.1, 0.15) is 10.5 Å². The van der Waals surface area contributed by atoms with Gasteiger partial charge in [0.1, 0.15) is 5.69 Å². The third-order valence-corrected chi connectivity index (χ3v) is 3.24. The molecule has 2 aromatic rings. The molecule has 7 heteroatoms. The number of imidazole rings is 1. The van der Waals surface area contributed by atoms with Crippen molar-refractivity contribution < 1.29 is 4.79 Å². The highest BCUT2D eigenvalue weighted by Gasteiger charge is 2.11. The molecule has 0 bridgehead atoms. The van der Waals surface area contributed by atoms with Gasteiger partial charge in [0, 0.05) is 23.8 Å². The molecule has 0 radical (unpaired) electrons. The number of anilines is 1. The maximum Gasteiger partial charge on any atom is 0.275 e. The Morgan fingerprint density at radius 2 is 2.32 bits per heavy atom. The van der Waals surface area contributed by atoms with E-state index >= 15 is 0 Å². The van der Waals surface area contributed by atoms with E-state index in [1.807, 2.05) is 0 Å². The number of aromatic nitrogens is 2. The first-order chi connectivity index (χ1) is 9.10. The number of nitrogens with two attached hydrogens (primary N) is 1. The van der Waals surface area contributed by atoms with E-state index in [1.165, 1.54) is 0 Å². The normalized spacial score (nSPS) is 10.5. The van der Waals surface area contributed by atoms with Crippen LogP contribution >= 0.6 is 27.5 Å². The van der Waals surface area contributed by atoms with Crippen LogP contribution in [0.5, 0.6) is 0 Å². The summed E-state index contributed by atoms with van der Waals surface area (Å²) in [5.41, 5.74) is 6.30. The Morgan fingerprint density at radius 1 is 1.53 bits per heavy atom. The van der Waals surface area contributed by atoms with Crippen molar-refractivity contribution in [1.82, 2.24) is 9.55 Å². The van der Waals surface area contributed by atoms with Crippen molar-refractivity contribution in [1.29, 1.82) is 0 Å². The molecular formula is C12H12BrClN4O. The number of benzene rings is 1. The average molecular weight is 344 g/mol. The van der Waals surface area contributed by atoms with Crippen molar-refractivity contribution in [3.05, 3.63) is 45.9 Å². The number of halogens is 2. The van der Waals surface area contributed by atoms with Gasteiger partial charge < -0.3 is 15.6 Å². The highest BCUT2D eigenvalue weighted by atomic mass is 79.9. The van der Waals surface area contributed by atoms with Gasteiger partial charge >= 0.3 is 0 Å². The van der Waals surface area contributed by atoms with Crippen LogP contribution in [0.2, 0.25) is 5.02 Å². The molecule has 0 aliphatic carbocycles. The summed E-state index contributed by atoms with van der Waals surface area (Å²) in [4.78, 5) is 16.0. The van der Waals surface area contributed by atoms with Gasteiger partial charge in [-0.2, -0.15) is 0 Å². The Labute approximate surface area is 123 Å². The minimum absolute atomic E-state index is 0.306. The lowest BCUT2D eigenvalue weighted by atomic mass is 10.3. The molecule has 3 N–H and O–H groups in total. The zero-order valence-corrected chi connectivity index (χ0v) is 12.3. The average Bonchev–Trinajstić information content (AvgIpc) is 2.82. The number of hydrogen-bond donors (Lipinski definition) is 2. The Hall–Kier alpha value is -1.37. The molecule has 0 atom stereocenters. The first-order valence-electron chi connectivity index (χ1n) is 5.58. The number of rotatable bonds is 4. The summed E-state index contributed by atoms with van der Waals surface area (Å²) >= 11 is 9.33. The van der Waals surface area contributed by atoms with Gasteiger partial charge in [-0.3, -0.25) is 4.79 Å². The predicted molar refractivity (Wildman–Crippen MR) is 78.4 cm³/mol. The highest BCUT2D eigenvalue weighted by Crippen LogP contribution is 2.25. The quantitative estimate of drug-likeness (QED) is 0.896. The zero-order chi connectivity index (χ0) is 13.8. The molecule has 100 valence electrons. The first kappa shape index (κ1) is 14.0. The van der Waals surface area contributed by atoms with Gasteiger partial charge in [0.25, 0.3) is 5.91 Å². The van der Waals surface area contributed by atoms with Crippen LogP contribution < -0.4 is 11.1 Å². The van der Waals surface area contributed by atoms with Crippen molar-refractivity contribution in [2.75, 3.05) is 11.9 Å². The second kappa shape index (κ2) is 6.18. The summed E-state index contributed by atoms with van der Waals surface area (Å²) < 4.78 is 2.61. The van der Waals surface area contributed by atoms with E-state index in [1.54, 1.807) is 35.3 Å². The third-order valence-electron chi connectivity index (χ3n) is 2.43. The van der Waals surface area contributed by atoms with Crippen molar-refractivity contribution in [2.24, 2.45) is 5.73 Å². The molecule has 0 spiro atoms. The Morgan fingerprint density at radius 3 is 3.00 bits per heavy atom. The van der Waals surface area contributed by atoms with Crippen molar-refractivity contribution in [2.45, 2.75) is 6.54 Å². The van der Waals surface area contributed by atoms with E-state index in [2.05, 4.69) is 26.2 Å². The van der Waals surface area contributed by atoms with Gasteiger partial charge in [-0.25, -0.2) is 4.98 Å². The van der Waals surface area contributed by atoms with Crippen molar-refractivity contribution in [3.8, 4) is 0 Å².